The molecule has 1 aliphatic heterocycles. The number of amides is 3. The van der Waals surface area contributed by atoms with E-state index in [1.165, 1.54) is 36.4 Å². The van der Waals surface area contributed by atoms with E-state index in [1.807, 2.05) is 6.92 Å². The van der Waals surface area contributed by atoms with Gasteiger partial charge in [-0.15, -0.1) is 0 Å². The van der Waals surface area contributed by atoms with Crippen molar-refractivity contribution in [2.75, 3.05) is 13.1 Å². The SMILES string of the molecule is C/C=C/C=C/C(=O)NCCN1C(=O)S/C(=C/c2ccc([N+](=O)[O-])cc2)C1=O. The number of non-ortho nitro benzene ring substituents is 1. The van der Waals surface area contributed by atoms with E-state index in [0.717, 1.165) is 16.7 Å². The van der Waals surface area contributed by atoms with Crippen molar-refractivity contribution in [3.05, 3.63) is 69.2 Å². The van der Waals surface area contributed by atoms with E-state index in [9.17, 15) is 24.5 Å². The van der Waals surface area contributed by atoms with Crippen LogP contribution in [0.2, 0.25) is 0 Å². The molecule has 140 valence electrons. The molecule has 0 atom stereocenters. The molecule has 1 aromatic rings. The Kier molecular flexibility index (Phi) is 7.07. The highest BCUT2D eigenvalue weighted by atomic mass is 32.2. The largest absolute Gasteiger partial charge is 0.351 e. The number of nitro benzene ring substituents is 1. The van der Waals surface area contributed by atoms with E-state index in [-0.39, 0.29) is 29.6 Å². The van der Waals surface area contributed by atoms with Crippen molar-refractivity contribution in [3.63, 3.8) is 0 Å². The number of rotatable bonds is 7. The Morgan fingerprint density at radius 1 is 1.26 bits per heavy atom. The van der Waals surface area contributed by atoms with Crippen molar-refractivity contribution in [2.24, 2.45) is 0 Å². The van der Waals surface area contributed by atoms with E-state index < -0.39 is 16.1 Å². The van der Waals surface area contributed by atoms with Gasteiger partial charge in [0.15, 0.2) is 0 Å². The van der Waals surface area contributed by atoms with Crippen molar-refractivity contribution in [1.82, 2.24) is 10.2 Å². The molecule has 8 nitrogen and oxygen atoms in total. The van der Waals surface area contributed by atoms with E-state index in [1.54, 1.807) is 18.2 Å². The number of nitrogens with zero attached hydrogens (tertiary/aromatic N) is 2. The third-order valence-corrected chi connectivity index (χ3v) is 4.37. The standard InChI is InChI=1S/C18H17N3O5S/c1-2-3-4-5-16(22)19-10-11-20-17(23)15(27-18(20)24)12-13-6-8-14(9-7-13)21(25)26/h2-9,12H,10-11H2,1H3,(H,19,22)/b3-2+,5-4+,15-12+. The zero-order valence-electron chi connectivity index (χ0n) is 14.5. The molecule has 0 unspecified atom stereocenters. The molecule has 0 saturated carbocycles. The summed E-state index contributed by atoms with van der Waals surface area (Å²) in [6.07, 6.45) is 7.93. The lowest BCUT2D eigenvalue weighted by atomic mass is 10.2. The molecule has 0 radical (unpaired) electrons. The van der Waals surface area contributed by atoms with Crippen LogP contribution in [-0.4, -0.2) is 40.0 Å². The third-order valence-electron chi connectivity index (χ3n) is 3.46. The lowest BCUT2D eigenvalue weighted by Gasteiger charge is -2.12. The summed E-state index contributed by atoms with van der Waals surface area (Å²) in [6, 6.07) is 5.66. The summed E-state index contributed by atoms with van der Waals surface area (Å²) in [6.45, 7) is 2.03. The molecule has 0 aromatic heterocycles. The molecule has 1 aromatic carbocycles. The number of nitrogens with one attached hydrogen (secondary N) is 1. The van der Waals surface area contributed by atoms with E-state index in [0.29, 0.717) is 5.56 Å². The molecule has 1 saturated heterocycles. The van der Waals surface area contributed by atoms with Gasteiger partial charge in [-0.1, -0.05) is 18.2 Å². The Labute approximate surface area is 159 Å². The van der Waals surface area contributed by atoms with Crippen LogP contribution in [0.1, 0.15) is 12.5 Å². The summed E-state index contributed by atoms with van der Waals surface area (Å²) in [4.78, 5) is 47.4. The van der Waals surface area contributed by atoms with E-state index >= 15 is 0 Å². The van der Waals surface area contributed by atoms with E-state index in [4.69, 9.17) is 0 Å². The second kappa shape index (κ2) is 9.48. The smallest absolute Gasteiger partial charge is 0.293 e. The normalized spacial score (nSPS) is 16.0. The molecule has 1 aliphatic rings. The van der Waals surface area contributed by atoms with Crippen LogP contribution in [0.4, 0.5) is 10.5 Å². The van der Waals surface area contributed by atoms with Crippen LogP contribution in [-0.2, 0) is 9.59 Å². The van der Waals surface area contributed by atoms with Crippen molar-refractivity contribution < 1.29 is 19.3 Å². The lowest BCUT2D eigenvalue weighted by molar-refractivity contribution is -0.384. The van der Waals surface area contributed by atoms with Crippen LogP contribution in [0.5, 0.6) is 0 Å². The maximum absolute atomic E-state index is 12.4. The van der Waals surface area contributed by atoms with Gasteiger partial charge in [-0.3, -0.25) is 29.4 Å². The average Bonchev–Trinajstić information content (AvgIpc) is 2.90. The molecule has 9 heteroatoms. The second-order valence-corrected chi connectivity index (χ2v) is 6.35. The van der Waals surface area contributed by atoms with Gasteiger partial charge in [0.1, 0.15) is 0 Å². The molecule has 0 spiro atoms. The molecule has 1 heterocycles. The number of thioether (sulfide) groups is 1. The number of hydrogen-bond acceptors (Lipinski definition) is 6. The first-order valence-electron chi connectivity index (χ1n) is 7.99. The summed E-state index contributed by atoms with van der Waals surface area (Å²) >= 11 is 0.792. The van der Waals surface area contributed by atoms with Crippen molar-refractivity contribution in [2.45, 2.75) is 6.92 Å². The van der Waals surface area contributed by atoms with Gasteiger partial charge in [0.2, 0.25) is 5.91 Å². The highest BCUT2D eigenvalue weighted by Crippen LogP contribution is 2.32. The minimum absolute atomic E-state index is 0.0560. The predicted molar refractivity (Wildman–Crippen MR) is 103 cm³/mol. The monoisotopic (exact) mass is 387 g/mol. The summed E-state index contributed by atoms with van der Waals surface area (Å²) in [5.74, 6) is -0.774. The topological polar surface area (TPSA) is 110 Å². The molecular formula is C18H17N3O5S. The quantitative estimate of drug-likeness (QED) is 0.333. The fourth-order valence-corrected chi connectivity index (χ4v) is 3.01. The van der Waals surface area contributed by atoms with Crippen LogP contribution >= 0.6 is 11.8 Å². The van der Waals surface area contributed by atoms with E-state index in [2.05, 4.69) is 5.32 Å². The maximum atomic E-state index is 12.4. The Hall–Kier alpha value is -3.20. The second-order valence-electron chi connectivity index (χ2n) is 5.36. The van der Waals surface area contributed by atoms with Gasteiger partial charge < -0.3 is 5.32 Å². The van der Waals surface area contributed by atoms with Crippen LogP contribution < -0.4 is 5.32 Å². The zero-order valence-corrected chi connectivity index (χ0v) is 15.3. The summed E-state index contributed by atoms with van der Waals surface area (Å²) in [7, 11) is 0. The van der Waals surface area contributed by atoms with Gasteiger partial charge in [0, 0.05) is 31.3 Å². The van der Waals surface area contributed by atoms with Crippen LogP contribution in [0.25, 0.3) is 6.08 Å². The number of benzene rings is 1. The van der Waals surface area contributed by atoms with Crippen LogP contribution in [0.15, 0.2) is 53.5 Å². The molecule has 0 bridgehead atoms. The fourth-order valence-electron chi connectivity index (χ4n) is 2.14. The number of nitro groups is 1. The lowest BCUT2D eigenvalue weighted by Crippen LogP contribution is -2.36. The van der Waals surface area contributed by atoms with Crippen LogP contribution in [0, 0.1) is 10.1 Å². The van der Waals surface area contributed by atoms with Gasteiger partial charge >= 0.3 is 0 Å². The minimum Gasteiger partial charge on any atom is -0.351 e. The molecule has 1 fully saturated rings. The zero-order chi connectivity index (χ0) is 19.8. The predicted octanol–water partition coefficient (Wildman–Crippen LogP) is 2.88. The Balaban J connectivity index is 1.95. The maximum Gasteiger partial charge on any atom is 0.293 e. The highest BCUT2D eigenvalue weighted by Gasteiger charge is 2.34. The number of carbonyl (C=O) groups is 3. The Bertz CT molecular complexity index is 843. The Morgan fingerprint density at radius 2 is 1.96 bits per heavy atom. The number of allylic oxidation sites excluding steroid dienone is 3. The molecule has 1 N–H and O–H groups in total. The van der Waals surface area contributed by atoms with Crippen molar-refractivity contribution in [1.29, 1.82) is 0 Å². The first kappa shape index (κ1) is 20.1. The molecule has 3 amide bonds. The number of imide groups is 1. The molecule has 0 aliphatic carbocycles. The van der Waals surface area contributed by atoms with Crippen LogP contribution in [0.3, 0.4) is 0 Å². The molecule has 27 heavy (non-hydrogen) atoms. The van der Waals surface area contributed by atoms with Gasteiger partial charge in [-0.05, 0) is 42.5 Å². The fraction of sp³-hybridized carbons (Fsp3) is 0.167. The van der Waals surface area contributed by atoms with Gasteiger partial charge in [-0.25, -0.2) is 0 Å². The van der Waals surface area contributed by atoms with Gasteiger partial charge in [0.25, 0.3) is 16.8 Å². The first-order valence-corrected chi connectivity index (χ1v) is 8.81. The highest BCUT2D eigenvalue weighted by molar-refractivity contribution is 8.18. The van der Waals surface area contributed by atoms with Gasteiger partial charge in [-0.2, -0.15) is 0 Å². The molecule has 2 rings (SSSR count). The van der Waals surface area contributed by atoms with Crippen molar-refractivity contribution >= 4 is 40.6 Å². The molecular weight excluding hydrogens is 370 g/mol. The summed E-state index contributed by atoms with van der Waals surface area (Å²) in [5.41, 5.74) is 0.521. The average molecular weight is 387 g/mol. The summed E-state index contributed by atoms with van der Waals surface area (Å²) < 4.78 is 0. The summed E-state index contributed by atoms with van der Waals surface area (Å²) in [5, 5.41) is 12.8. The minimum atomic E-state index is -0.514. The van der Waals surface area contributed by atoms with Crippen molar-refractivity contribution in [3.8, 4) is 0 Å². The Morgan fingerprint density at radius 3 is 2.59 bits per heavy atom. The third kappa shape index (κ3) is 5.65. The number of carbonyl (C=O) groups excluding carboxylic acids is 3. The van der Waals surface area contributed by atoms with Gasteiger partial charge in [0.05, 0.1) is 9.83 Å². The number of hydrogen-bond donors (Lipinski definition) is 1. The first-order chi connectivity index (χ1) is 12.9.